The van der Waals surface area contributed by atoms with Gasteiger partial charge in [-0.25, -0.2) is 24.9 Å². The third kappa shape index (κ3) is 4.80. The van der Waals surface area contributed by atoms with Gasteiger partial charge in [0.2, 0.25) is 5.88 Å². The van der Waals surface area contributed by atoms with E-state index in [4.69, 9.17) is 14.5 Å². The Kier molecular flexibility index (Phi) is 6.52. The van der Waals surface area contributed by atoms with Crippen molar-refractivity contribution >= 4 is 28.1 Å². The Balaban J connectivity index is 1.39. The predicted octanol–water partition coefficient (Wildman–Crippen LogP) is 5.16. The largest absolute Gasteiger partial charge is 0.480 e. The van der Waals surface area contributed by atoms with Gasteiger partial charge in [0.05, 0.1) is 23.8 Å². The smallest absolute Gasteiger partial charge is 0.420 e. The van der Waals surface area contributed by atoms with Crippen molar-refractivity contribution in [2.75, 3.05) is 13.7 Å². The number of halogens is 3. The molecule has 2 aliphatic rings. The van der Waals surface area contributed by atoms with Crippen LogP contribution in [0.4, 0.5) is 13.2 Å². The number of ether oxygens (including phenoxy) is 2. The molecular formula is C27H23F3N6O3S. The van der Waals surface area contributed by atoms with Gasteiger partial charge >= 0.3 is 6.18 Å². The normalized spacial score (nSPS) is 19.2. The van der Waals surface area contributed by atoms with Crippen molar-refractivity contribution in [2.45, 2.75) is 51.3 Å². The summed E-state index contributed by atoms with van der Waals surface area (Å²) in [7, 11) is 1.45. The topological polar surface area (TPSA) is 105 Å². The van der Waals surface area contributed by atoms with Gasteiger partial charge in [-0.3, -0.25) is 9.36 Å². The molecule has 1 saturated heterocycles. The van der Waals surface area contributed by atoms with Crippen molar-refractivity contribution in [3.63, 3.8) is 0 Å². The Morgan fingerprint density at radius 3 is 2.65 bits per heavy atom. The maximum atomic E-state index is 13.2. The van der Waals surface area contributed by atoms with Gasteiger partial charge in [0, 0.05) is 42.2 Å². The van der Waals surface area contributed by atoms with Crippen LogP contribution in [0, 0.1) is 13.8 Å². The van der Waals surface area contributed by atoms with Gasteiger partial charge in [0.15, 0.2) is 11.5 Å². The van der Waals surface area contributed by atoms with E-state index in [0.29, 0.717) is 42.4 Å². The minimum atomic E-state index is -4.45. The van der Waals surface area contributed by atoms with Crippen LogP contribution in [0.1, 0.15) is 59.1 Å². The summed E-state index contributed by atoms with van der Waals surface area (Å²) in [4.78, 5) is 35.3. The molecule has 2 atom stereocenters. The van der Waals surface area contributed by atoms with E-state index in [1.165, 1.54) is 29.1 Å². The first-order valence-electron chi connectivity index (χ1n) is 12.5. The number of hydrogen-bond acceptors (Lipinski definition) is 9. The fourth-order valence-electron chi connectivity index (χ4n) is 4.87. The average molecular weight is 569 g/mol. The highest BCUT2D eigenvalue weighted by molar-refractivity contribution is 7.09. The number of aromatic nitrogens is 6. The molecule has 5 heterocycles. The molecular weight excluding hydrogens is 545 g/mol. The molecule has 1 fully saturated rings. The standard InChI is InChI=1S/C27H23F3N6O3S/c1-13-26(38-3)34-23-22(17-8-18(9-17)27(28,29)30)33-24(35-25(23)31-13)15-6-7-39-19(10-15)16-4-5-21(37)36(11-16)20-12-40-14(2)32-20/h4-5,11-12,15,19H,6-8,10H2,1-3H3. The monoisotopic (exact) mass is 568 g/mol. The van der Waals surface area contributed by atoms with Gasteiger partial charge in [-0.2, -0.15) is 13.2 Å². The highest BCUT2D eigenvalue weighted by Gasteiger charge is 2.39. The van der Waals surface area contributed by atoms with Crippen molar-refractivity contribution in [1.82, 2.24) is 29.5 Å². The lowest BCUT2D eigenvalue weighted by molar-refractivity contribution is -0.0934. The molecule has 0 bridgehead atoms. The van der Waals surface area contributed by atoms with Crippen LogP contribution in [0.2, 0.25) is 0 Å². The Morgan fingerprint density at radius 2 is 1.95 bits per heavy atom. The Morgan fingerprint density at radius 1 is 1.15 bits per heavy atom. The molecule has 40 heavy (non-hydrogen) atoms. The van der Waals surface area contributed by atoms with Gasteiger partial charge in [0.25, 0.3) is 5.56 Å². The van der Waals surface area contributed by atoms with E-state index in [1.807, 2.05) is 12.3 Å². The van der Waals surface area contributed by atoms with E-state index in [2.05, 4.69) is 25.7 Å². The number of pyridine rings is 1. The van der Waals surface area contributed by atoms with Crippen LogP contribution in [0.25, 0.3) is 22.6 Å². The number of methoxy groups -OCH3 is 1. The lowest BCUT2D eigenvalue weighted by Gasteiger charge is -2.29. The first kappa shape index (κ1) is 26.3. The van der Waals surface area contributed by atoms with Gasteiger partial charge in [-0.05, 0) is 38.3 Å². The SMILES string of the molecule is COc1nc2c(C3=C=C(C(F)(F)F)C3)nc(C3CCOC(c4ccc(=O)n(-c5csc(C)n5)c4)C3)nc2nc1C. The maximum Gasteiger partial charge on any atom is 0.420 e. The number of rotatable bonds is 5. The van der Waals surface area contributed by atoms with Crippen LogP contribution in [-0.4, -0.2) is 49.4 Å². The summed E-state index contributed by atoms with van der Waals surface area (Å²) in [6, 6.07) is 3.22. The van der Waals surface area contributed by atoms with Gasteiger partial charge in [-0.1, -0.05) is 0 Å². The van der Waals surface area contributed by atoms with E-state index in [0.717, 1.165) is 10.6 Å². The summed E-state index contributed by atoms with van der Waals surface area (Å²) in [6.07, 6.45) is -2.27. The van der Waals surface area contributed by atoms with E-state index in [1.54, 1.807) is 19.2 Å². The second-order valence-electron chi connectivity index (χ2n) is 9.65. The number of allylic oxidation sites excluding steroid dienone is 1. The second-order valence-corrected chi connectivity index (χ2v) is 10.7. The molecule has 0 spiro atoms. The zero-order valence-corrected chi connectivity index (χ0v) is 22.6. The fourth-order valence-corrected chi connectivity index (χ4v) is 5.46. The number of fused-ring (bicyclic) bond motifs is 1. The van der Waals surface area contributed by atoms with E-state index in [9.17, 15) is 18.0 Å². The molecule has 4 aromatic heterocycles. The summed E-state index contributed by atoms with van der Waals surface area (Å²) in [5, 5.41) is 2.67. The van der Waals surface area contributed by atoms with Crippen molar-refractivity contribution in [1.29, 1.82) is 0 Å². The number of aryl methyl sites for hydroxylation is 2. The second kappa shape index (κ2) is 9.92. The van der Waals surface area contributed by atoms with Gasteiger partial charge in [0.1, 0.15) is 22.7 Å². The van der Waals surface area contributed by atoms with Crippen molar-refractivity contribution < 1.29 is 22.6 Å². The molecule has 0 N–H and O–H groups in total. The molecule has 0 saturated carbocycles. The average Bonchev–Trinajstić information content (AvgIpc) is 3.32. The molecule has 1 aliphatic heterocycles. The Labute approximate surface area is 230 Å². The van der Waals surface area contributed by atoms with Gasteiger partial charge < -0.3 is 9.47 Å². The van der Waals surface area contributed by atoms with Crippen molar-refractivity contribution in [2.24, 2.45) is 0 Å². The van der Waals surface area contributed by atoms with Crippen molar-refractivity contribution in [3.05, 3.63) is 73.2 Å². The molecule has 13 heteroatoms. The first-order valence-corrected chi connectivity index (χ1v) is 13.4. The Hall–Kier alpha value is -3.93. The molecule has 0 aromatic carbocycles. The zero-order valence-electron chi connectivity index (χ0n) is 21.7. The summed E-state index contributed by atoms with van der Waals surface area (Å²) >= 11 is 1.45. The molecule has 6 rings (SSSR count). The highest BCUT2D eigenvalue weighted by Crippen LogP contribution is 2.42. The molecule has 0 amide bonds. The van der Waals surface area contributed by atoms with Gasteiger partial charge in [-0.15, -0.1) is 17.1 Å². The third-order valence-electron chi connectivity index (χ3n) is 6.96. The van der Waals surface area contributed by atoms with Crippen LogP contribution in [0.5, 0.6) is 5.88 Å². The summed E-state index contributed by atoms with van der Waals surface area (Å²) < 4.78 is 52.4. The number of hydrogen-bond donors (Lipinski definition) is 0. The number of alkyl halides is 3. The van der Waals surface area contributed by atoms with Crippen LogP contribution in [0.3, 0.4) is 0 Å². The van der Waals surface area contributed by atoms with Crippen LogP contribution < -0.4 is 10.3 Å². The maximum absolute atomic E-state index is 13.2. The number of thiazole rings is 1. The lowest BCUT2D eigenvalue weighted by Crippen LogP contribution is -2.24. The fraction of sp³-hybridized carbons (Fsp3) is 0.370. The lowest BCUT2D eigenvalue weighted by atomic mass is 9.90. The minimum Gasteiger partial charge on any atom is -0.480 e. The molecule has 206 valence electrons. The van der Waals surface area contributed by atoms with Crippen LogP contribution in [-0.2, 0) is 4.74 Å². The quantitative estimate of drug-likeness (QED) is 0.304. The van der Waals surface area contributed by atoms with E-state index < -0.39 is 11.7 Å². The molecule has 2 unspecified atom stereocenters. The summed E-state index contributed by atoms with van der Waals surface area (Å²) in [6.45, 7) is 4.01. The third-order valence-corrected chi connectivity index (χ3v) is 7.73. The van der Waals surface area contributed by atoms with E-state index >= 15 is 0 Å². The van der Waals surface area contributed by atoms with Crippen LogP contribution >= 0.6 is 11.3 Å². The molecule has 9 nitrogen and oxygen atoms in total. The molecule has 0 radical (unpaired) electrons. The van der Waals surface area contributed by atoms with E-state index in [-0.39, 0.29) is 46.7 Å². The van der Waals surface area contributed by atoms with Crippen LogP contribution in [0.15, 0.2) is 39.8 Å². The molecule has 1 aliphatic carbocycles. The predicted molar refractivity (Wildman–Crippen MR) is 141 cm³/mol. The Bertz CT molecular complexity index is 1770. The zero-order chi connectivity index (χ0) is 28.2. The number of nitrogens with zero attached hydrogens (tertiary/aromatic N) is 6. The highest BCUT2D eigenvalue weighted by atomic mass is 32.1. The molecule has 4 aromatic rings. The van der Waals surface area contributed by atoms with Crippen molar-refractivity contribution in [3.8, 4) is 11.7 Å². The summed E-state index contributed by atoms with van der Waals surface area (Å²) in [5.74, 6) is 1.09. The minimum absolute atomic E-state index is 0.167. The first-order chi connectivity index (χ1) is 19.1. The summed E-state index contributed by atoms with van der Waals surface area (Å²) in [5.41, 5.74) is 3.91.